The van der Waals surface area contributed by atoms with Crippen LogP contribution in [0.25, 0.3) is 11.3 Å². The number of halogens is 1. The van der Waals surface area contributed by atoms with Gasteiger partial charge in [-0.1, -0.05) is 12.1 Å². The van der Waals surface area contributed by atoms with E-state index < -0.39 is 0 Å². The van der Waals surface area contributed by atoms with E-state index in [-0.39, 0.29) is 11.9 Å². The van der Waals surface area contributed by atoms with Gasteiger partial charge in [0, 0.05) is 37.2 Å². The van der Waals surface area contributed by atoms with E-state index in [2.05, 4.69) is 15.0 Å². The molecule has 6 heteroatoms. The quantitative estimate of drug-likeness (QED) is 0.733. The normalized spacial score (nSPS) is 18.4. The summed E-state index contributed by atoms with van der Waals surface area (Å²) in [5.41, 5.74) is 3.16. The third kappa shape index (κ3) is 3.60. The van der Waals surface area contributed by atoms with Gasteiger partial charge < -0.3 is 4.74 Å². The van der Waals surface area contributed by atoms with E-state index in [1.165, 1.54) is 12.1 Å². The van der Waals surface area contributed by atoms with Crippen LogP contribution in [0.1, 0.15) is 11.7 Å². The maximum Gasteiger partial charge on any atom is 0.123 e. The molecule has 0 N–H and O–H groups in total. The first-order valence-electron chi connectivity index (χ1n) is 8.31. The van der Waals surface area contributed by atoms with Crippen molar-refractivity contribution in [2.45, 2.75) is 12.8 Å². The lowest BCUT2D eigenvalue weighted by atomic mass is 10.1. The predicted octanol–water partition coefficient (Wildman–Crippen LogP) is 3.12. The van der Waals surface area contributed by atoms with E-state index in [0.717, 1.165) is 29.9 Å². The Balaban J connectivity index is 1.48. The molecule has 0 radical (unpaired) electrons. The minimum absolute atomic E-state index is 0.0470. The molecule has 1 aliphatic heterocycles. The topological polar surface area (TPSA) is 43.2 Å². The van der Waals surface area contributed by atoms with Crippen molar-refractivity contribution < 1.29 is 9.13 Å². The molecule has 25 heavy (non-hydrogen) atoms. The molecule has 1 aliphatic rings. The molecule has 1 unspecified atom stereocenters. The zero-order valence-electron chi connectivity index (χ0n) is 13.8. The zero-order valence-corrected chi connectivity index (χ0v) is 13.8. The van der Waals surface area contributed by atoms with E-state index in [1.54, 1.807) is 24.5 Å². The Morgan fingerprint density at radius 3 is 2.64 bits per heavy atom. The summed E-state index contributed by atoms with van der Waals surface area (Å²) in [4.78, 5) is 6.37. The van der Waals surface area contributed by atoms with Gasteiger partial charge >= 0.3 is 0 Å². The van der Waals surface area contributed by atoms with E-state index in [0.29, 0.717) is 13.3 Å². The molecular formula is C19H19FN4O. The van der Waals surface area contributed by atoms with Crippen LogP contribution < -0.4 is 0 Å². The molecule has 0 amide bonds. The van der Waals surface area contributed by atoms with Gasteiger partial charge in [-0.2, -0.15) is 5.10 Å². The first-order chi connectivity index (χ1) is 12.3. The molecule has 1 saturated heterocycles. The fraction of sp³-hybridized carbons (Fsp3) is 0.263. The number of aromatic nitrogens is 3. The van der Waals surface area contributed by atoms with Crippen LogP contribution in [-0.4, -0.2) is 39.4 Å². The summed E-state index contributed by atoms with van der Waals surface area (Å²) in [5.74, 6) is -0.227. The Morgan fingerprint density at radius 1 is 1.04 bits per heavy atom. The summed E-state index contributed by atoms with van der Waals surface area (Å²) in [5, 5.41) is 4.46. The van der Waals surface area contributed by atoms with Crippen molar-refractivity contribution in [3.8, 4) is 11.3 Å². The Labute approximate surface area is 145 Å². The lowest BCUT2D eigenvalue weighted by Gasteiger charge is -2.33. The summed E-state index contributed by atoms with van der Waals surface area (Å²) < 4.78 is 21.0. The molecule has 2 aromatic heterocycles. The molecule has 5 nitrogen and oxygen atoms in total. The third-order valence-electron chi connectivity index (χ3n) is 4.42. The number of hydrogen-bond donors (Lipinski definition) is 0. The highest BCUT2D eigenvalue weighted by Crippen LogP contribution is 2.24. The van der Waals surface area contributed by atoms with Crippen LogP contribution in [0.4, 0.5) is 4.39 Å². The molecule has 3 aromatic rings. The van der Waals surface area contributed by atoms with Crippen LogP contribution in [0.15, 0.2) is 61.1 Å². The van der Waals surface area contributed by atoms with Crippen molar-refractivity contribution in [2.24, 2.45) is 0 Å². The summed E-state index contributed by atoms with van der Waals surface area (Å²) in [6, 6.07) is 12.5. The fourth-order valence-corrected chi connectivity index (χ4v) is 3.11. The maximum absolute atomic E-state index is 13.1. The summed E-state index contributed by atoms with van der Waals surface area (Å²) >= 11 is 0. The highest BCUT2D eigenvalue weighted by Gasteiger charge is 2.23. The second kappa shape index (κ2) is 7.13. The Bertz CT molecular complexity index is 819. The van der Waals surface area contributed by atoms with Crippen molar-refractivity contribution in [1.82, 2.24) is 19.7 Å². The smallest absolute Gasteiger partial charge is 0.123 e. The molecular weight excluding hydrogens is 319 g/mol. The second-order valence-corrected chi connectivity index (χ2v) is 6.08. The van der Waals surface area contributed by atoms with Crippen LogP contribution >= 0.6 is 0 Å². The van der Waals surface area contributed by atoms with E-state index >= 15 is 0 Å². The maximum atomic E-state index is 13.1. The number of ether oxygens (including phenoxy) is 1. The zero-order chi connectivity index (χ0) is 17.1. The van der Waals surface area contributed by atoms with E-state index in [9.17, 15) is 4.39 Å². The van der Waals surface area contributed by atoms with Gasteiger partial charge in [-0.3, -0.25) is 14.6 Å². The van der Waals surface area contributed by atoms with Gasteiger partial charge in [0.25, 0.3) is 0 Å². The predicted molar refractivity (Wildman–Crippen MR) is 92.1 cm³/mol. The molecule has 0 bridgehead atoms. The third-order valence-corrected chi connectivity index (χ3v) is 4.42. The highest BCUT2D eigenvalue weighted by atomic mass is 19.1. The van der Waals surface area contributed by atoms with Gasteiger partial charge in [-0.05, 0) is 35.9 Å². The number of nitrogens with zero attached hydrogens (tertiary/aromatic N) is 4. The fourth-order valence-electron chi connectivity index (χ4n) is 3.11. The lowest BCUT2D eigenvalue weighted by Crippen LogP contribution is -2.39. The number of pyridine rings is 1. The minimum atomic E-state index is -0.227. The average molecular weight is 338 g/mol. The molecule has 3 heterocycles. The molecule has 1 fully saturated rings. The summed E-state index contributed by atoms with van der Waals surface area (Å²) in [7, 11) is 0. The van der Waals surface area contributed by atoms with Gasteiger partial charge in [0.05, 0.1) is 25.1 Å². The number of hydrogen-bond acceptors (Lipinski definition) is 4. The molecule has 4 rings (SSSR count). The molecule has 0 spiro atoms. The van der Waals surface area contributed by atoms with Crippen molar-refractivity contribution >= 4 is 0 Å². The van der Waals surface area contributed by atoms with E-state index in [4.69, 9.17) is 4.74 Å². The SMILES string of the molecule is Fc1ccc(C2CN(Cn3nccc3-c3ccncc3)CCO2)cc1. The van der Waals surface area contributed by atoms with E-state index in [1.807, 2.05) is 29.1 Å². The summed E-state index contributed by atoms with van der Waals surface area (Å²) in [6.45, 7) is 2.92. The van der Waals surface area contributed by atoms with Crippen LogP contribution in [0.5, 0.6) is 0 Å². The Morgan fingerprint density at radius 2 is 1.84 bits per heavy atom. The number of morpholine rings is 1. The molecule has 0 saturated carbocycles. The second-order valence-electron chi connectivity index (χ2n) is 6.08. The van der Waals surface area contributed by atoms with Crippen molar-refractivity contribution in [3.05, 3.63) is 72.4 Å². The highest BCUT2D eigenvalue weighted by molar-refractivity contribution is 5.58. The largest absolute Gasteiger partial charge is 0.371 e. The van der Waals surface area contributed by atoms with Crippen LogP contribution in [0, 0.1) is 5.82 Å². The Hall–Kier alpha value is -2.57. The van der Waals surface area contributed by atoms with Crippen molar-refractivity contribution in [3.63, 3.8) is 0 Å². The van der Waals surface area contributed by atoms with Crippen molar-refractivity contribution in [2.75, 3.05) is 19.7 Å². The van der Waals surface area contributed by atoms with Crippen LogP contribution in [0.2, 0.25) is 0 Å². The minimum Gasteiger partial charge on any atom is -0.371 e. The molecule has 128 valence electrons. The first kappa shape index (κ1) is 15.9. The Kier molecular flexibility index (Phi) is 4.54. The number of benzene rings is 1. The van der Waals surface area contributed by atoms with Gasteiger partial charge in [0.1, 0.15) is 5.82 Å². The van der Waals surface area contributed by atoms with Crippen molar-refractivity contribution in [1.29, 1.82) is 0 Å². The van der Waals surface area contributed by atoms with Crippen LogP contribution in [-0.2, 0) is 11.4 Å². The first-order valence-corrected chi connectivity index (χ1v) is 8.31. The molecule has 1 atom stereocenters. The number of rotatable bonds is 4. The van der Waals surface area contributed by atoms with Gasteiger partial charge in [-0.25, -0.2) is 4.39 Å². The van der Waals surface area contributed by atoms with Gasteiger partial charge in [0.15, 0.2) is 0 Å². The lowest BCUT2D eigenvalue weighted by molar-refractivity contribution is -0.0414. The van der Waals surface area contributed by atoms with Gasteiger partial charge in [0.2, 0.25) is 0 Å². The van der Waals surface area contributed by atoms with Gasteiger partial charge in [-0.15, -0.1) is 0 Å². The standard InChI is InChI=1S/C19H19FN4O/c20-17-3-1-16(2-4-17)19-13-23(11-12-25-19)14-24-18(7-10-22-24)15-5-8-21-9-6-15/h1-10,19H,11-14H2. The monoisotopic (exact) mass is 338 g/mol. The summed E-state index contributed by atoms with van der Waals surface area (Å²) in [6.07, 6.45) is 5.33. The molecule has 1 aromatic carbocycles. The molecule has 0 aliphatic carbocycles. The van der Waals surface area contributed by atoms with Crippen LogP contribution in [0.3, 0.4) is 0 Å². The average Bonchev–Trinajstić information content (AvgIpc) is 3.11.